The first-order valence-corrected chi connectivity index (χ1v) is 6.76. The molecule has 2 nitrogen and oxygen atoms in total. The highest BCUT2D eigenvalue weighted by atomic mass is 19.1. The van der Waals surface area contributed by atoms with Gasteiger partial charge in [0.05, 0.1) is 7.11 Å². The standard InChI is InChI=1S/C17H20FNO/c1-12(2)14-5-7-15(8-6-14)19-11-13-4-9-17(20-3)16(18)10-13/h4-10,12,19H,11H2,1-3H3. The van der Waals surface area contributed by atoms with Gasteiger partial charge in [0, 0.05) is 12.2 Å². The maximum Gasteiger partial charge on any atom is 0.165 e. The number of hydrogen-bond donors (Lipinski definition) is 1. The average molecular weight is 273 g/mol. The molecule has 20 heavy (non-hydrogen) atoms. The Hall–Kier alpha value is -2.03. The summed E-state index contributed by atoms with van der Waals surface area (Å²) in [5.74, 6) is 0.469. The smallest absolute Gasteiger partial charge is 0.165 e. The Balaban J connectivity index is 1.99. The number of hydrogen-bond acceptors (Lipinski definition) is 2. The second-order valence-corrected chi connectivity index (χ2v) is 5.10. The zero-order valence-electron chi connectivity index (χ0n) is 12.1. The van der Waals surface area contributed by atoms with Gasteiger partial charge in [-0.3, -0.25) is 0 Å². The Morgan fingerprint density at radius 1 is 1.10 bits per heavy atom. The van der Waals surface area contributed by atoms with E-state index in [-0.39, 0.29) is 11.6 Å². The maximum atomic E-state index is 13.6. The van der Waals surface area contributed by atoms with Crippen LogP contribution in [0.4, 0.5) is 10.1 Å². The molecule has 0 atom stereocenters. The molecule has 106 valence electrons. The van der Waals surface area contributed by atoms with Crippen molar-refractivity contribution in [2.45, 2.75) is 26.3 Å². The van der Waals surface area contributed by atoms with Crippen LogP contribution in [0.2, 0.25) is 0 Å². The van der Waals surface area contributed by atoms with E-state index in [4.69, 9.17) is 4.74 Å². The van der Waals surface area contributed by atoms with Gasteiger partial charge >= 0.3 is 0 Å². The van der Waals surface area contributed by atoms with Gasteiger partial charge in [0.15, 0.2) is 11.6 Å². The Kier molecular flexibility index (Phi) is 4.61. The van der Waals surface area contributed by atoms with Gasteiger partial charge in [0.2, 0.25) is 0 Å². The molecule has 0 heterocycles. The van der Waals surface area contributed by atoms with Crippen LogP contribution in [0.3, 0.4) is 0 Å². The summed E-state index contributed by atoms with van der Waals surface area (Å²) in [6.07, 6.45) is 0. The molecule has 0 saturated heterocycles. The van der Waals surface area contributed by atoms with E-state index in [1.165, 1.54) is 18.7 Å². The third kappa shape index (κ3) is 3.50. The van der Waals surface area contributed by atoms with E-state index in [0.29, 0.717) is 12.5 Å². The zero-order chi connectivity index (χ0) is 14.5. The molecular formula is C17H20FNO. The van der Waals surface area contributed by atoms with Gasteiger partial charge in [-0.1, -0.05) is 32.0 Å². The van der Waals surface area contributed by atoms with Gasteiger partial charge in [-0.2, -0.15) is 0 Å². The van der Waals surface area contributed by atoms with E-state index in [2.05, 4.69) is 43.4 Å². The minimum absolute atomic E-state index is 0.273. The average Bonchev–Trinajstić information content (AvgIpc) is 2.45. The van der Waals surface area contributed by atoms with Crippen molar-refractivity contribution in [1.82, 2.24) is 0 Å². The van der Waals surface area contributed by atoms with Gasteiger partial charge < -0.3 is 10.1 Å². The molecule has 2 aromatic carbocycles. The van der Waals surface area contributed by atoms with Gasteiger partial charge in [0.25, 0.3) is 0 Å². The van der Waals surface area contributed by atoms with Crippen LogP contribution < -0.4 is 10.1 Å². The monoisotopic (exact) mass is 273 g/mol. The molecule has 0 aromatic heterocycles. The number of anilines is 1. The van der Waals surface area contributed by atoms with Crippen molar-refractivity contribution in [3.05, 3.63) is 59.4 Å². The van der Waals surface area contributed by atoms with Gasteiger partial charge in [-0.15, -0.1) is 0 Å². The van der Waals surface area contributed by atoms with Crippen LogP contribution >= 0.6 is 0 Å². The fourth-order valence-corrected chi connectivity index (χ4v) is 2.01. The molecule has 3 heteroatoms. The lowest BCUT2D eigenvalue weighted by molar-refractivity contribution is 0.386. The van der Waals surface area contributed by atoms with E-state index < -0.39 is 0 Å². The summed E-state index contributed by atoms with van der Waals surface area (Å²) in [6.45, 7) is 4.92. The summed E-state index contributed by atoms with van der Waals surface area (Å²) in [5, 5.41) is 3.28. The summed E-state index contributed by atoms with van der Waals surface area (Å²) in [4.78, 5) is 0. The highest BCUT2D eigenvalue weighted by molar-refractivity contribution is 5.46. The molecule has 0 fully saturated rings. The highest BCUT2D eigenvalue weighted by Crippen LogP contribution is 2.20. The van der Waals surface area contributed by atoms with E-state index in [1.54, 1.807) is 6.07 Å². The van der Waals surface area contributed by atoms with E-state index in [9.17, 15) is 4.39 Å². The topological polar surface area (TPSA) is 21.3 Å². The predicted molar refractivity (Wildman–Crippen MR) is 80.8 cm³/mol. The van der Waals surface area contributed by atoms with Crippen LogP contribution in [0, 0.1) is 5.82 Å². The Bertz CT molecular complexity index is 564. The fourth-order valence-electron chi connectivity index (χ4n) is 2.01. The molecular weight excluding hydrogens is 253 g/mol. The largest absolute Gasteiger partial charge is 0.494 e. The van der Waals surface area contributed by atoms with Crippen molar-refractivity contribution >= 4 is 5.69 Å². The Morgan fingerprint density at radius 3 is 2.35 bits per heavy atom. The molecule has 0 bridgehead atoms. The third-order valence-electron chi connectivity index (χ3n) is 3.29. The van der Waals surface area contributed by atoms with Crippen LogP contribution in [0.25, 0.3) is 0 Å². The molecule has 0 radical (unpaired) electrons. The molecule has 2 rings (SSSR count). The van der Waals surface area contributed by atoms with Gasteiger partial charge in [-0.25, -0.2) is 4.39 Å². The second-order valence-electron chi connectivity index (χ2n) is 5.10. The second kappa shape index (κ2) is 6.42. The van der Waals surface area contributed by atoms with Crippen molar-refractivity contribution in [3.63, 3.8) is 0 Å². The molecule has 2 aromatic rings. The van der Waals surface area contributed by atoms with Gasteiger partial charge in [-0.05, 0) is 41.3 Å². The minimum Gasteiger partial charge on any atom is -0.494 e. The fraction of sp³-hybridized carbons (Fsp3) is 0.294. The van der Waals surface area contributed by atoms with Crippen LogP contribution in [0.5, 0.6) is 5.75 Å². The summed E-state index contributed by atoms with van der Waals surface area (Å²) < 4.78 is 18.5. The molecule has 0 unspecified atom stereocenters. The number of rotatable bonds is 5. The molecule has 0 spiro atoms. The summed E-state index contributed by atoms with van der Waals surface area (Å²) >= 11 is 0. The first-order chi connectivity index (χ1) is 9.60. The predicted octanol–water partition coefficient (Wildman–Crippen LogP) is 4.57. The quantitative estimate of drug-likeness (QED) is 0.861. The summed E-state index contributed by atoms with van der Waals surface area (Å²) in [7, 11) is 1.46. The van der Waals surface area contributed by atoms with E-state index in [0.717, 1.165) is 11.3 Å². The Labute approximate surface area is 119 Å². The van der Waals surface area contributed by atoms with E-state index in [1.807, 2.05) is 6.07 Å². The molecule has 1 N–H and O–H groups in total. The molecule has 0 saturated carbocycles. The minimum atomic E-state index is -0.332. The van der Waals surface area contributed by atoms with Crippen LogP contribution in [-0.4, -0.2) is 7.11 Å². The van der Waals surface area contributed by atoms with E-state index >= 15 is 0 Å². The van der Waals surface area contributed by atoms with Crippen molar-refractivity contribution in [3.8, 4) is 5.75 Å². The lowest BCUT2D eigenvalue weighted by Gasteiger charge is -2.10. The first kappa shape index (κ1) is 14.4. The zero-order valence-corrected chi connectivity index (χ0v) is 12.1. The molecule has 0 amide bonds. The van der Waals surface area contributed by atoms with Crippen molar-refractivity contribution in [2.75, 3.05) is 12.4 Å². The van der Waals surface area contributed by atoms with Crippen molar-refractivity contribution < 1.29 is 9.13 Å². The number of halogens is 1. The normalized spacial score (nSPS) is 10.7. The SMILES string of the molecule is COc1ccc(CNc2ccc(C(C)C)cc2)cc1F. The maximum absolute atomic E-state index is 13.6. The van der Waals surface area contributed by atoms with Crippen LogP contribution in [0.15, 0.2) is 42.5 Å². The summed E-state index contributed by atoms with van der Waals surface area (Å²) in [5.41, 5.74) is 3.23. The third-order valence-corrected chi connectivity index (χ3v) is 3.29. The van der Waals surface area contributed by atoms with Crippen molar-refractivity contribution in [2.24, 2.45) is 0 Å². The number of ether oxygens (including phenoxy) is 1. The Morgan fingerprint density at radius 2 is 1.80 bits per heavy atom. The lowest BCUT2D eigenvalue weighted by atomic mass is 10.0. The number of nitrogens with one attached hydrogen (secondary N) is 1. The van der Waals surface area contributed by atoms with Gasteiger partial charge in [0.1, 0.15) is 0 Å². The lowest BCUT2D eigenvalue weighted by Crippen LogP contribution is -2.00. The van der Waals surface area contributed by atoms with Crippen molar-refractivity contribution in [1.29, 1.82) is 0 Å². The number of methoxy groups -OCH3 is 1. The molecule has 0 aliphatic rings. The van der Waals surface area contributed by atoms with Crippen LogP contribution in [0.1, 0.15) is 30.9 Å². The molecule has 0 aliphatic heterocycles. The highest BCUT2D eigenvalue weighted by Gasteiger charge is 2.03. The summed E-state index contributed by atoms with van der Waals surface area (Å²) in [6, 6.07) is 13.3. The molecule has 0 aliphatic carbocycles. The number of benzene rings is 2. The van der Waals surface area contributed by atoms with Crippen LogP contribution in [-0.2, 0) is 6.54 Å². The first-order valence-electron chi connectivity index (χ1n) is 6.76.